The molecule has 1 aliphatic rings. The number of carbonyl (C=O) groups is 3. The molecule has 7 nitrogen and oxygen atoms in total. The molecule has 1 heterocycles. The van der Waals surface area contributed by atoms with E-state index in [0.29, 0.717) is 28.2 Å². The SMILES string of the molecule is COC(=O)c1ccc(C=C2Oc3cc(O[C@@H](C)C(=O)OC)ccc3C2=O)cc1. The zero-order valence-corrected chi connectivity index (χ0v) is 15.6. The molecule has 2 aromatic carbocycles. The Labute approximate surface area is 161 Å². The van der Waals surface area contributed by atoms with Crippen LogP contribution >= 0.6 is 0 Å². The van der Waals surface area contributed by atoms with Gasteiger partial charge in [0.15, 0.2) is 11.9 Å². The Kier molecular flexibility index (Phi) is 5.44. The number of methoxy groups -OCH3 is 2. The quantitative estimate of drug-likeness (QED) is 0.580. The van der Waals surface area contributed by atoms with Gasteiger partial charge in [-0.05, 0) is 42.8 Å². The molecule has 0 bridgehead atoms. The number of rotatable bonds is 5. The summed E-state index contributed by atoms with van der Waals surface area (Å²) in [5, 5.41) is 0. The molecule has 0 aliphatic carbocycles. The van der Waals surface area contributed by atoms with Crippen LogP contribution in [0.5, 0.6) is 11.5 Å². The van der Waals surface area contributed by atoms with Crippen molar-refractivity contribution in [3.05, 3.63) is 64.9 Å². The van der Waals surface area contributed by atoms with Gasteiger partial charge in [0.2, 0.25) is 5.78 Å². The van der Waals surface area contributed by atoms with Gasteiger partial charge in [-0.15, -0.1) is 0 Å². The lowest BCUT2D eigenvalue weighted by Gasteiger charge is -2.12. The van der Waals surface area contributed by atoms with E-state index in [2.05, 4.69) is 9.47 Å². The fraction of sp³-hybridized carbons (Fsp3) is 0.190. The van der Waals surface area contributed by atoms with Crippen molar-refractivity contribution in [1.29, 1.82) is 0 Å². The highest BCUT2D eigenvalue weighted by atomic mass is 16.6. The van der Waals surface area contributed by atoms with Gasteiger partial charge in [0, 0.05) is 6.07 Å². The Morgan fingerprint density at radius 1 is 1.04 bits per heavy atom. The van der Waals surface area contributed by atoms with Crippen molar-refractivity contribution in [2.45, 2.75) is 13.0 Å². The first-order valence-electron chi connectivity index (χ1n) is 8.44. The van der Waals surface area contributed by atoms with E-state index >= 15 is 0 Å². The van der Waals surface area contributed by atoms with E-state index in [-0.39, 0.29) is 11.5 Å². The van der Waals surface area contributed by atoms with Crippen molar-refractivity contribution in [1.82, 2.24) is 0 Å². The summed E-state index contributed by atoms with van der Waals surface area (Å²) < 4.78 is 20.4. The molecule has 7 heteroatoms. The average molecular weight is 382 g/mol. The van der Waals surface area contributed by atoms with E-state index in [1.807, 2.05) is 0 Å². The average Bonchev–Trinajstić information content (AvgIpc) is 3.02. The predicted octanol–water partition coefficient (Wildman–Crippen LogP) is 3.03. The molecule has 1 atom stereocenters. The Bertz CT molecular complexity index is 957. The maximum absolute atomic E-state index is 12.5. The van der Waals surface area contributed by atoms with Crippen molar-refractivity contribution in [3.8, 4) is 11.5 Å². The fourth-order valence-corrected chi connectivity index (χ4v) is 2.64. The van der Waals surface area contributed by atoms with E-state index in [1.165, 1.54) is 14.2 Å². The van der Waals surface area contributed by atoms with Gasteiger partial charge in [-0.3, -0.25) is 4.79 Å². The third-order valence-corrected chi connectivity index (χ3v) is 4.12. The minimum Gasteiger partial charge on any atom is -0.479 e. The molecule has 0 aromatic heterocycles. The summed E-state index contributed by atoms with van der Waals surface area (Å²) in [7, 11) is 2.59. The monoisotopic (exact) mass is 382 g/mol. The van der Waals surface area contributed by atoms with Gasteiger partial charge in [0.05, 0.1) is 25.3 Å². The highest BCUT2D eigenvalue weighted by Gasteiger charge is 2.28. The van der Waals surface area contributed by atoms with Crippen LogP contribution in [0.15, 0.2) is 48.2 Å². The van der Waals surface area contributed by atoms with Crippen LogP contribution in [0.25, 0.3) is 6.08 Å². The van der Waals surface area contributed by atoms with Crippen molar-refractivity contribution in [3.63, 3.8) is 0 Å². The number of ketones is 1. The Morgan fingerprint density at radius 2 is 1.75 bits per heavy atom. The predicted molar refractivity (Wildman–Crippen MR) is 99.3 cm³/mol. The van der Waals surface area contributed by atoms with Crippen molar-refractivity contribution in [2.24, 2.45) is 0 Å². The van der Waals surface area contributed by atoms with E-state index in [4.69, 9.17) is 9.47 Å². The number of esters is 2. The van der Waals surface area contributed by atoms with Gasteiger partial charge in [-0.1, -0.05) is 12.1 Å². The van der Waals surface area contributed by atoms with E-state index in [0.717, 1.165) is 0 Å². The van der Waals surface area contributed by atoms with Gasteiger partial charge in [0.1, 0.15) is 11.5 Å². The lowest BCUT2D eigenvalue weighted by atomic mass is 10.1. The summed E-state index contributed by atoms with van der Waals surface area (Å²) in [5.74, 6) is -0.328. The van der Waals surface area contributed by atoms with E-state index in [1.54, 1.807) is 55.5 Å². The molecule has 28 heavy (non-hydrogen) atoms. The second-order valence-electron chi connectivity index (χ2n) is 5.99. The third-order valence-electron chi connectivity index (χ3n) is 4.12. The van der Waals surface area contributed by atoms with Crippen LogP contribution in [-0.2, 0) is 14.3 Å². The molecule has 0 fully saturated rings. The second kappa shape index (κ2) is 7.96. The summed E-state index contributed by atoms with van der Waals surface area (Å²) in [6, 6.07) is 11.3. The fourth-order valence-electron chi connectivity index (χ4n) is 2.64. The molecule has 0 amide bonds. The van der Waals surface area contributed by atoms with Crippen molar-refractivity contribution in [2.75, 3.05) is 14.2 Å². The number of hydrogen-bond acceptors (Lipinski definition) is 7. The molecular weight excluding hydrogens is 364 g/mol. The van der Waals surface area contributed by atoms with Crippen LogP contribution in [-0.4, -0.2) is 38.0 Å². The summed E-state index contributed by atoms with van der Waals surface area (Å²) in [6.07, 6.45) is 0.796. The molecular formula is C21H18O7. The zero-order valence-electron chi connectivity index (χ0n) is 15.6. The zero-order chi connectivity index (χ0) is 20.3. The maximum atomic E-state index is 12.5. The van der Waals surface area contributed by atoms with Gasteiger partial charge in [0.25, 0.3) is 0 Å². The highest BCUT2D eigenvalue weighted by Crippen LogP contribution is 2.35. The number of fused-ring (bicyclic) bond motifs is 1. The summed E-state index contributed by atoms with van der Waals surface area (Å²) in [4.78, 5) is 35.5. The molecule has 3 rings (SSSR count). The third kappa shape index (κ3) is 3.88. The number of ether oxygens (including phenoxy) is 4. The number of allylic oxidation sites excluding steroid dienone is 1. The molecule has 2 aromatic rings. The van der Waals surface area contributed by atoms with Gasteiger partial charge < -0.3 is 18.9 Å². The van der Waals surface area contributed by atoms with Crippen LogP contribution in [0.4, 0.5) is 0 Å². The number of carbonyl (C=O) groups excluding carboxylic acids is 3. The molecule has 0 unspecified atom stereocenters. The van der Waals surface area contributed by atoms with Crippen molar-refractivity contribution >= 4 is 23.8 Å². The normalized spacial score (nSPS) is 14.8. The minimum atomic E-state index is -0.788. The van der Waals surface area contributed by atoms with Crippen LogP contribution in [0, 0.1) is 0 Å². The Hall–Kier alpha value is -3.61. The van der Waals surface area contributed by atoms with Gasteiger partial charge >= 0.3 is 11.9 Å². The lowest BCUT2D eigenvalue weighted by molar-refractivity contribution is -0.147. The minimum absolute atomic E-state index is 0.152. The van der Waals surface area contributed by atoms with Crippen molar-refractivity contribution < 1.29 is 33.3 Å². The number of Topliss-reactive ketones (excluding diaryl/α,β-unsaturated/α-hetero) is 1. The van der Waals surface area contributed by atoms with Crippen LogP contribution in [0.1, 0.15) is 33.2 Å². The molecule has 0 saturated carbocycles. The van der Waals surface area contributed by atoms with E-state index in [9.17, 15) is 14.4 Å². The summed E-state index contributed by atoms with van der Waals surface area (Å²) >= 11 is 0. The number of hydrogen-bond donors (Lipinski definition) is 0. The largest absolute Gasteiger partial charge is 0.479 e. The van der Waals surface area contributed by atoms with Gasteiger partial charge in [-0.2, -0.15) is 0 Å². The first-order valence-corrected chi connectivity index (χ1v) is 8.44. The Morgan fingerprint density at radius 3 is 2.39 bits per heavy atom. The first-order chi connectivity index (χ1) is 13.4. The second-order valence-corrected chi connectivity index (χ2v) is 5.99. The van der Waals surface area contributed by atoms with Gasteiger partial charge in [-0.25, -0.2) is 9.59 Å². The summed E-state index contributed by atoms with van der Waals surface area (Å²) in [6.45, 7) is 1.56. The molecule has 0 N–H and O–H groups in total. The molecule has 0 spiro atoms. The first kappa shape index (κ1) is 19.2. The van der Waals surface area contributed by atoms with Crippen LogP contribution in [0.2, 0.25) is 0 Å². The topological polar surface area (TPSA) is 88.1 Å². The molecule has 0 saturated heterocycles. The van der Waals surface area contributed by atoms with Crippen LogP contribution < -0.4 is 9.47 Å². The lowest BCUT2D eigenvalue weighted by Crippen LogP contribution is -2.24. The summed E-state index contributed by atoms with van der Waals surface area (Å²) in [5.41, 5.74) is 1.50. The smallest absolute Gasteiger partial charge is 0.346 e. The van der Waals surface area contributed by atoms with E-state index < -0.39 is 18.0 Å². The standard InChI is InChI=1S/C21H18O7/c1-12(20(23)25-2)27-15-8-9-16-17(11-15)28-18(19(16)22)10-13-4-6-14(7-5-13)21(24)26-3/h4-12H,1-3H3/t12-/m0/s1. The molecule has 0 radical (unpaired) electrons. The highest BCUT2D eigenvalue weighted by molar-refractivity contribution is 6.14. The Balaban J connectivity index is 1.78. The molecule has 1 aliphatic heterocycles. The van der Waals surface area contributed by atoms with Crippen LogP contribution in [0.3, 0.4) is 0 Å². The molecule has 144 valence electrons. The maximum Gasteiger partial charge on any atom is 0.346 e. The number of benzene rings is 2.